The van der Waals surface area contributed by atoms with E-state index in [1.54, 1.807) is 0 Å². The monoisotopic (exact) mass is 380 g/mol. The van der Waals surface area contributed by atoms with Crippen LogP contribution in [0.3, 0.4) is 0 Å². The molecule has 100 valence electrons. The number of alkyl halides is 1. The summed E-state index contributed by atoms with van der Waals surface area (Å²) in [4.78, 5) is -0.0902. The summed E-state index contributed by atoms with van der Waals surface area (Å²) in [5, 5.41) is 0. The molecule has 0 aromatic heterocycles. The topological polar surface area (TPSA) is 0 Å². The first kappa shape index (κ1) is 14.4. The van der Waals surface area contributed by atoms with Crippen LogP contribution >= 0.6 is 31.9 Å². The second-order valence-electron chi connectivity index (χ2n) is 5.21. The van der Waals surface area contributed by atoms with Gasteiger partial charge in [-0.15, -0.1) is 0 Å². The van der Waals surface area contributed by atoms with Crippen LogP contribution in [0, 0.1) is 23.5 Å². The molecule has 4 heteroatoms. The van der Waals surface area contributed by atoms with Crippen molar-refractivity contribution in [2.45, 2.75) is 37.4 Å². The predicted octanol–water partition coefficient (Wildman–Crippen LogP) is 5.99. The van der Waals surface area contributed by atoms with Crippen molar-refractivity contribution in [3.05, 3.63) is 33.8 Å². The van der Waals surface area contributed by atoms with Crippen LogP contribution in [0.2, 0.25) is 0 Å². The van der Waals surface area contributed by atoms with E-state index in [2.05, 4.69) is 38.8 Å². The van der Waals surface area contributed by atoms with Crippen LogP contribution in [0.25, 0.3) is 0 Å². The molecule has 2 rings (SSSR count). The van der Waals surface area contributed by atoms with Gasteiger partial charge >= 0.3 is 0 Å². The predicted molar refractivity (Wildman–Crippen MR) is 76.8 cm³/mol. The molecule has 0 spiro atoms. The van der Waals surface area contributed by atoms with Gasteiger partial charge in [0.05, 0.1) is 4.47 Å². The number of halogens is 4. The molecule has 1 fully saturated rings. The van der Waals surface area contributed by atoms with Gasteiger partial charge < -0.3 is 0 Å². The van der Waals surface area contributed by atoms with E-state index in [0.29, 0.717) is 11.5 Å². The minimum atomic E-state index is -0.403. The molecule has 0 N–H and O–H groups in total. The third kappa shape index (κ3) is 3.13. The molecule has 0 bridgehead atoms. The molecule has 1 saturated carbocycles. The molecule has 1 aromatic carbocycles. The molecule has 18 heavy (non-hydrogen) atoms. The van der Waals surface area contributed by atoms with Crippen molar-refractivity contribution in [1.29, 1.82) is 0 Å². The Hall–Kier alpha value is 0.0400. The molecule has 0 saturated heterocycles. The van der Waals surface area contributed by atoms with Gasteiger partial charge in [0, 0.05) is 10.4 Å². The Kier molecular flexibility index (Phi) is 4.81. The highest BCUT2D eigenvalue weighted by molar-refractivity contribution is 9.10. The Morgan fingerprint density at radius 3 is 2.33 bits per heavy atom. The van der Waals surface area contributed by atoms with Gasteiger partial charge in [-0.05, 0) is 52.7 Å². The van der Waals surface area contributed by atoms with Crippen molar-refractivity contribution >= 4 is 31.9 Å². The summed E-state index contributed by atoms with van der Waals surface area (Å²) in [6.45, 7) is 2.25. The summed E-state index contributed by atoms with van der Waals surface area (Å²) < 4.78 is 27.6. The molecular weight excluding hydrogens is 366 g/mol. The Balaban J connectivity index is 2.18. The van der Waals surface area contributed by atoms with Gasteiger partial charge in [0.2, 0.25) is 0 Å². The Morgan fingerprint density at radius 1 is 1.11 bits per heavy atom. The van der Waals surface area contributed by atoms with Crippen LogP contribution in [0.1, 0.15) is 43.0 Å². The Labute approximate surface area is 123 Å². The fourth-order valence-corrected chi connectivity index (χ4v) is 3.78. The van der Waals surface area contributed by atoms with Gasteiger partial charge in [-0.25, -0.2) is 8.78 Å². The van der Waals surface area contributed by atoms with Gasteiger partial charge in [-0.2, -0.15) is 0 Å². The maximum atomic E-state index is 13.9. The quantitative estimate of drug-likeness (QED) is 0.436. The van der Waals surface area contributed by atoms with Crippen molar-refractivity contribution in [3.63, 3.8) is 0 Å². The zero-order valence-corrected chi connectivity index (χ0v) is 13.4. The average molecular weight is 382 g/mol. The molecule has 0 nitrogen and oxygen atoms in total. The number of hydrogen-bond acceptors (Lipinski definition) is 0. The maximum Gasteiger partial charge on any atom is 0.137 e. The summed E-state index contributed by atoms with van der Waals surface area (Å²) in [6.07, 6.45) is 4.50. The molecule has 1 aliphatic rings. The summed E-state index contributed by atoms with van der Waals surface area (Å²) in [5.74, 6) is 0.410. The van der Waals surface area contributed by atoms with Crippen LogP contribution in [0.15, 0.2) is 16.6 Å². The smallest absolute Gasteiger partial charge is 0.137 e. The standard InChI is InChI=1S/C14H16Br2F2/c1-8-2-4-9(5-3-8)14(16)10-6-13(18)11(15)7-12(10)17/h6-9,14H,2-5H2,1H3. The van der Waals surface area contributed by atoms with Crippen molar-refractivity contribution in [3.8, 4) is 0 Å². The maximum absolute atomic E-state index is 13.9. The molecule has 0 aliphatic heterocycles. The van der Waals surface area contributed by atoms with E-state index in [4.69, 9.17) is 0 Å². The minimum absolute atomic E-state index is 0.0902. The van der Waals surface area contributed by atoms with Gasteiger partial charge in [0.15, 0.2) is 0 Å². The summed E-state index contributed by atoms with van der Waals surface area (Å²) >= 11 is 6.56. The second-order valence-corrected chi connectivity index (χ2v) is 7.05. The molecule has 1 atom stereocenters. The third-order valence-corrected chi connectivity index (χ3v) is 5.66. The lowest BCUT2D eigenvalue weighted by atomic mass is 9.80. The van der Waals surface area contributed by atoms with Gasteiger partial charge in [-0.3, -0.25) is 0 Å². The molecule has 1 unspecified atom stereocenters. The normalized spacial score (nSPS) is 26.1. The van der Waals surface area contributed by atoms with E-state index < -0.39 is 5.82 Å². The fraction of sp³-hybridized carbons (Fsp3) is 0.571. The van der Waals surface area contributed by atoms with Gasteiger partial charge in [0.25, 0.3) is 0 Å². The number of benzene rings is 1. The molecular formula is C14H16Br2F2. The lowest BCUT2D eigenvalue weighted by Crippen LogP contribution is -2.17. The second kappa shape index (κ2) is 6.00. The van der Waals surface area contributed by atoms with Crippen molar-refractivity contribution in [2.24, 2.45) is 11.8 Å². The van der Waals surface area contributed by atoms with E-state index in [0.717, 1.165) is 18.8 Å². The van der Waals surface area contributed by atoms with Crippen LogP contribution in [0.4, 0.5) is 8.78 Å². The van der Waals surface area contributed by atoms with E-state index >= 15 is 0 Å². The van der Waals surface area contributed by atoms with Crippen LogP contribution < -0.4 is 0 Å². The van der Waals surface area contributed by atoms with E-state index in [9.17, 15) is 8.78 Å². The molecule has 1 aromatic rings. The fourth-order valence-electron chi connectivity index (χ4n) is 2.58. The largest absolute Gasteiger partial charge is 0.207 e. The highest BCUT2D eigenvalue weighted by Gasteiger charge is 2.27. The molecule has 1 aliphatic carbocycles. The third-order valence-electron chi connectivity index (χ3n) is 3.81. The average Bonchev–Trinajstić information content (AvgIpc) is 2.34. The Bertz CT molecular complexity index is 426. The molecule has 0 radical (unpaired) electrons. The van der Waals surface area contributed by atoms with Gasteiger partial charge in [-0.1, -0.05) is 35.7 Å². The molecule has 0 amide bonds. The summed E-state index contributed by atoms with van der Waals surface area (Å²) in [7, 11) is 0. The molecule has 0 heterocycles. The highest BCUT2D eigenvalue weighted by Crippen LogP contribution is 2.42. The SMILES string of the molecule is CC1CCC(C(Br)c2cc(F)c(Br)cc2F)CC1. The zero-order chi connectivity index (χ0) is 13.3. The van der Waals surface area contributed by atoms with Gasteiger partial charge in [0.1, 0.15) is 11.6 Å². The van der Waals surface area contributed by atoms with Crippen molar-refractivity contribution in [1.82, 2.24) is 0 Å². The number of rotatable bonds is 2. The number of hydrogen-bond donors (Lipinski definition) is 0. The van der Waals surface area contributed by atoms with Crippen LogP contribution in [-0.2, 0) is 0 Å². The first-order chi connectivity index (χ1) is 8.49. The van der Waals surface area contributed by atoms with Crippen LogP contribution in [0.5, 0.6) is 0 Å². The highest BCUT2D eigenvalue weighted by atomic mass is 79.9. The summed E-state index contributed by atoms with van der Waals surface area (Å²) in [6, 6.07) is 2.52. The first-order valence-electron chi connectivity index (χ1n) is 6.27. The van der Waals surface area contributed by atoms with Crippen molar-refractivity contribution < 1.29 is 8.78 Å². The van der Waals surface area contributed by atoms with E-state index in [1.807, 2.05) is 0 Å². The summed E-state index contributed by atoms with van der Waals surface area (Å²) in [5.41, 5.74) is 0.440. The van der Waals surface area contributed by atoms with Crippen LogP contribution in [-0.4, -0.2) is 0 Å². The first-order valence-corrected chi connectivity index (χ1v) is 7.98. The Morgan fingerprint density at radius 2 is 1.72 bits per heavy atom. The van der Waals surface area contributed by atoms with E-state index in [-0.39, 0.29) is 15.1 Å². The lowest BCUT2D eigenvalue weighted by molar-refractivity contribution is 0.285. The lowest BCUT2D eigenvalue weighted by Gasteiger charge is -2.30. The van der Waals surface area contributed by atoms with Crippen molar-refractivity contribution in [2.75, 3.05) is 0 Å². The van der Waals surface area contributed by atoms with E-state index in [1.165, 1.54) is 25.0 Å². The minimum Gasteiger partial charge on any atom is -0.207 e. The zero-order valence-electron chi connectivity index (χ0n) is 10.2.